The molecule has 112 valence electrons. The van der Waals surface area contributed by atoms with Crippen molar-refractivity contribution in [2.24, 2.45) is 0 Å². The molecule has 4 nitrogen and oxygen atoms in total. The summed E-state index contributed by atoms with van der Waals surface area (Å²) < 4.78 is 5.68. The van der Waals surface area contributed by atoms with E-state index in [1.165, 1.54) is 0 Å². The van der Waals surface area contributed by atoms with Crippen LogP contribution in [0, 0.1) is 0 Å². The highest BCUT2D eigenvalue weighted by molar-refractivity contribution is 7.99. The van der Waals surface area contributed by atoms with E-state index in [1.54, 1.807) is 11.8 Å². The minimum atomic E-state index is 0.625. The Bertz CT molecular complexity index is 749. The van der Waals surface area contributed by atoms with E-state index >= 15 is 0 Å². The number of hydrogen-bond donors (Lipinski definition) is 1. The van der Waals surface area contributed by atoms with Gasteiger partial charge >= 0.3 is 0 Å². The van der Waals surface area contributed by atoms with Crippen molar-refractivity contribution < 1.29 is 4.74 Å². The maximum atomic E-state index is 5.68. The van der Waals surface area contributed by atoms with Crippen LogP contribution in [0.4, 0.5) is 5.82 Å². The third-order valence-corrected chi connectivity index (χ3v) is 3.96. The molecule has 2 aromatic carbocycles. The van der Waals surface area contributed by atoms with Gasteiger partial charge in [-0.25, -0.2) is 9.97 Å². The highest BCUT2D eigenvalue weighted by Gasteiger charge is 2.06. The van der Waals surface area contributed by atoms with Gasteiger partial charge in [-0.05, 0) is 24.3 Å². The Morgan fingerprint density at radius 3 is 2.59 bits per heavy atom. The zero-order valence-electron chi connectivity index (χ0n) is 12.3. The minimum absolute atomic E-state index is 0.625. The van der Waals surface area contributed by atoms with Crippen LogP contribution < -0.4 is 10.1 Å². The van der Waals surface area contributed by atoms with Crippen LogP contribution >= 0.6 is 11.8 Å². The maximum Gasteiger partial charge on any atom is 0.190 e. The summed E-state index contributed by atoms with van der Waals surface area (Å²) >= 11 is 1.60. The van der Waals surface area contributed by atoms with Crippen LogP contribution in [0.1, 0.15) is 0 Å². The lowest BCUT2D eigenvalue weighted by molar-refractivity contribution is 0.344. The molecular weight excluding hydrogens is 294 g/mol. The maximum absolute atomic E-state index is 5.68. The highest BCUT2D eigenvalue weighted by atomic mass is 32.2. The third-order valence-electron chi connectivity index (χ3n) is 3.15. The zero-order chi connectivity index (χ0) is 15.2. The molecule has 0 aliphatic heterocycles. The lowest BCUT2D eigenvalue weighted by Crippen LogP contribution is -2.02. The summed E-state index contributed by atoms with van der Waals surface area (Å²) in [5.41, 5.74) is 0.952. The van der Waals surface area contributed by atoms with E-state index in [2.05, 4.69) is 15.3 Å². The Hall–Kier alpha value is -2.27. The lowest BCUT2D eigenvalue weighted by Gasteiger charge is -2.08. The first-order valence-electron chi connectivity index (χ1n) is 7.12. The van der Waals surface area contributed by atoms with Gasteiger partial charge in [-0.1, -0.05) is 42.1 Å². The average Bonchev–Trinajstić information content (AvgIpc) is 2.59. The molecule has 0 radical (unpaired) electrons. The zero-order valence-corrected chi connectivity index (χ0v) is 13.1. The molecule has 0 atom stereocenters. The summed E-state index contributed by atoms with van der Waals surface area (Å²) in [5.74, 6) is 2.55. The van der Waals surface area contributed by atoms with Crippen molar-refractivity contribution in [1.82, 2.24) is 9.97 Å². The second kappa shape index (κ2) is 7.13. The predicted molar refractivity (Wildman–Crippen MR) is 91.7 cm³/mol. The quantitative estimate of drug-likeness (QED) is 0.426. The number of para-hydroxylation sites is 2. The highest BCUT2D eigenvalue weighted by Crippen LogP contribution is 2.23. The number of rotatable bonds is 6. The number of nitrogens with one attached hydrogen (secondary N) is 1. The summed E-state index contributed by atoms with van der Waals surface area (Å²) in [4.78, 5) is 9.13. The topological polar surface area (TPSA) is 47.0 Å². The van der Waals surface area contributed by atoms with Crippen LogP contribution in [0.2, 0.25) is 0 Å². The van der Waals surface area contributed by atoms with Gasteiger partial charge in [-0.3, -0.25) is 0 Å². The summed E-state index contributed by atoms with van der Waals surface area (Å²) in [7, 11) is 1.88. The van der Waals surface area contributed by atoms with Gasteiger partial charge in [0, 0.05) is 18.2 Å². The number of anilines is 1. The van der Waals surface area contributed by atoms with Gasteiger partial charge < -0.3 is 10.1 Å². The second-order valence-electron chi connectivity index (χ2n) is 4.63. The molecule has 5 heteroatoms. The fourth-order valence-electron chi connectivity index (χ4n) is 2.12. The minimum Gasteiger partial charge on any atom is -0.493 e. The summed E-state index contributed by atoms with van der Waals surface area (Å²) in [6.45, 7) is 0.625. The van der Waals surface area contributed by atoms with Crippen LogP contribution in [-0.2, 0) is 0 Å². The molecule has 1 heterocycles. The summed E-state index contributed by atoms with van der Waals surface area (Å²) in [5, 5.41) is 4.93. The molecule has 0 amide bonds. The molecule has 1 N–H and O–H groups in total. The fourth-order valence-corrected chi connectivity index (χ4v) is 2.79. The number of ether oxygens (including phenoxy) is 1. The Kier molecular flexibility index (Phi) is 4.75. The fraction of sp³-hybridized carbons (Fsp3) is 0.176. The molecular formula is C17H17N3OS. The van der Waals surface area contributed by atoms with Gasteiger partial charge in [0.25, 0.3) is 0 Å². The average molecular weight is 311 g/mol. The predicted octanol–water partition coefficient (Wildman–Crippen LogP) is 3.84. The van der Waals surface area contributed by atoms with E-state index in [0.29, 0.717) is 6.61 Å². The van der Waals surface area contributed by atoms with Crippen molar-refractivity contribution in [2.75, 3.05) is 24.7 Å². The van der Waals surface area contributed by atoms with Crippen molar-refractivity contribution in [3.8, 4) is 5.75 Å². The van der Waals surface area contributed by atoms with Gasteiger partial charge in [-0.2, -0.15) is 0 Å². The van der Waals surface area contributed by atoms with E-state index in [0.717, 1.165) is 33.4 Å². The molecule has 3 aromatic rings. The molecule has 0 aliphatic carbocycles. The van der Waals surface area contributed by atoms with Crippen molar-refractivity contribution in [2.45, 2.75) is 5.16 Å². The molecule has 3 rings (SSSR count). The van der Waals surface area contributed by atoms with Gasteiger partial charge in [0.05, 0.1) is 12.1 Å². The Morgan fingerprint density at radius 1 is 1.00 bits per heavy atom. The molecule has 0 saturated heterocycles. The Balaban J connectivity index is 1.64. The first kappa shape index (κ1) is 14.7. The largest absolute Gasteiger partial charge is 0.493 e. The molecule has 0 aliphatic rings. The van der Waals surface area contributed by atoms with Crippen molar-refractivity contribution in [3.05, 3.63) is 54.6 Å². The first-order valence-corrected chi connectivity index (χ1v) is 8.10. The SMILES string of the molecule is CNc1nc(SCCOc2ccccc2)nc2ccccc12. The van der Waals surface area contributed by atoms with Crippen LogP contribution in [0.15, 0.2) is 59.8 Å². The third kappa shape index (κ3) is 3.49. The molecule has 0 bridgehead atoms. The summed E-state index contributed by atoms with van der Waals surface area (Å²) in [6.07, 6.45) is 0. The summed E-state index contributed by atoms with van der Waals surface area (Å²) in [6, 6.07) is 17.8. The van der Waals surface area contributed by atoms with Gasteiger partial charge in [0.2, 0.25) is 0 Å². The number of aromatic nitrogens is 2. The van der Waals surface area contributed by atoms with Gasteiger partial charge in [0.15, 0.2) is 5.16 Å². The number of benzene rings is 2. The second-order valence-corrected chi connectivity index (χ2v) is 5.69. The van der Waals surface area contributed by atoms with Gasteiger partial charge in [0.1, 0.15) is 11.6 Å². The van der Waals surface area contributed by atoms with E-state index in [-0.39, 0.29) is 0 Å². The monoisotopic (exact) mass is 311 g/mol. The van der Waals surface area contributed by atoms with Crippen LogP contribution in [0.3, 0.4) is 0 Å². The molecule has 22 heavy (non-hydrogen) atoms. The lowest BCUT2D eigenvalue weighted by atomic mass is 10.2. The molecule has 0 unspecified atom stereocenters. The molecule has 0 saturated carbocycles. The van der Waals surface area contributed by atoms with E-state index in [1.807, 2.05) is 61.6 Å². The van der Waals surface area contributed by atoms with Crippen LogP contribution in [0.5, 0.6) is 5.75 Å². The van der Waals surface area contributed by atoms with E-state index in [9.17, 15) is 0 Å². The first-order chi connectivity index (χ1) is 10.9. The number of nitrogens with zero attached hydrogens (tertiary/aromatic N) is 2. The smallest absolute Gasteiger partial charge is 0.190 e. The number of thioether (sulfide) groups is 1. The normalized spacial score (nSPS) is 10.6. The molecule has 0 fully saturated rings. The van der Waals surface area contributed by atoms with Crippen LogP contribution in [-0.4, -0.2) is 29.4 Å². The van der Waals surface area contributed by atoms with E-state index < -0.39 is 0 Å². The number of hydrogen-bond acceptors (Lipinski definition) is 5. The number of fused-ring (bicyclic) bond motifs is 1. The van der Waals surface area contributed by atoms with Crippen molar-refractivity contribution >= 4 is 28.5 Å². The van der Waals surface area contributed by atoms with Crippen molar-refractivity contribution in [1.29, 1.82) is 0 Å². The van der Waals surface area contributed by atoms with Gasteiger partial charge in [-0.15, -0.1) is 0 Å². The molecule has 1 aromatic heterocycles. The molecule has 0 spiro atoms. The Labute approximate surface area is 133 Å². The standard InChI is InChI=1S/C17H17N3OS/c1-18-16-14-9-5-6-10-15(14)19-17(20-16)22-12-11-21-13-7-3-2-4-8-13/h2-10H,11-12H2,1H3,(H,18,19,20). The van der Waals surface area contributed by atoms with E-state index in [4.69, 9.17) is 4.74 Å². The van der Waals surface area contributed by atoms with Crippen LogP contribution in [0.25, 0.3) is 10.9 Å². The Morgan fingerprint density at radius 2 is 1.77 bits per heavy atom. The van der Waals surface area contributed by atoms with Crippen molar-refractivity contribution in [3.63, 3.8) is 0 Å².